The van der Waals surface area contributed by atoms with Gasteiger partial charge in [-0.2, -0.15) is 4.80 Å². The molecule has 0 aliphatic rings. The van der Waals surface area contributed by atoms with Gasteiger partial charge in [-0.1, -0.05) is 42.5 Å². The van der Waals surface area contributed by atoms with Crippen LogP contribution in [0.25, 0.3) is 11.4 Å². The molecule has 11 heteroatoms. The molecule has 5 aromatic rings. The number of anilines is 1. The monoisotopic (exact) mass is 558 g/mol. The highest BCUT2D eigenvalue weighted by Gasteiger charge is 2.34. The van der Waals surface area contributed by atoms with E-state index in [1.807, 2.05) is 24.4 Å². The number of nitrogens with zero attached hydrogens (tertiary/aromatic N) is 5. The van der Waals surface area contributed by atoms with Crippen LogP contribution in [0.15, 0.2) is 90.3 Å². The van der Waals surface area contributed by atoms with Crippen LogP contribution in [-0.2, 0) is 22.7 Å². The maximum Gasteiger partial charge on any atom is 0.251 e. The normalized spacial score (nSPS) is 11.7. The van der Waals surface area contributed by atoms with Crippen molar-refractivity contribution in [1.82, 2.24) is 25.5 Å². The standard InChI is InChI=1S/C29H24F2N6O2S/c1-19-6-4-7-22(16-19)37(26(38)18-36-34-28(33-35-36)23-8-2-3-9-24(23)31)27(25-10-5-15-40-25)29(39)32-17-20-11-13-21(30)14-12-20/h2-16,27H,17-18H2,1H3,(H,32,39)/t27-/m1/s1. The molecule has 1 atom stereocenters. The molecule has 0 aliphatic carbocycles. The van der Waals surface area contributed by atoms with E-state index in [0.717, 1.165) is 10.4 Å². The Morgan fingerprint density at radius 2 is 1.80 bits per heavy atom. The summed E-state index contributed by atoms with van der Waals surface area (Å²) in [5.41, 5.74) is 2.27. The molecule has 0 fully saturated rings. The first kappa shape index (κ1) is 26.8. The van der Waals surface area contributed by atoms with E-state index in [2.05, 4.69) is 20.7 Å². The second-order valence-corrected chi connectivity index (χ2v) is 9.97. The minimum Gasteiger partial charge on any atom is -0.350 e. The van der Waals surface area contributed by atoms with Crippen molar-refractivity contribution >= 4 is 28.8 Å². The van der Waals surface area contributed by atoms with Crippen molar-refractivity contribution in [3.8, 4) is 11.4 Å². The van der Waals surface area contributed by atoms with Crippen molar-refractivity contribution in [2.24, 2.45) is 0 Å². The topological polar surface area (TPSA) is 93.0 Å². The Morgan fingerprint density at radius 1 is 1.00 bits per heavy atom. The van der Waals surface area contributed by atoms with Gasteiger partial charge in [-0.25, -0.2) is 8.78 Å². The number of benzene rings is 3. The number of nitrogens with one attached hydrogen (secondary N) is 1. The molecule has 0 spiro atoms. The molecule has 0 bridgehead atoms. The van der Waals surface area contributed by atoms with Gasteiger partial charge >= 0.3 is 0 Å². The lowest BCUT2D eigenvalue weighted by Gasteiger charge is -2.30. The summed E-state index contributed by atoms with van der Waals surface area (Å²) >= 11 is 1.34. The molecule has 2 heterocycles. The first-order valence-electron chi connectivity index (χ1n) is 12.4. The third-order valence-electron chi connectivity index (χ3n) is 6.09. The molecule has 0 unspecified atom stereocenters. The van der Waals surface area contributed by atoms with E-state index in [-0.39, 0.29) is 30.3 Å². The number of aromatic nitrogens is 4. The highest BCUT2D eigenvalue weighted by atomic mass is 32.1. The van der Waals surface area contributed by atoms with E-state index in [4.69, 9.17) is 0 Å². The van der Waals surface area contributed by atoms with Crippen molar-refractivity contribution in [1.29, 1.82) is 0 Å². The zero-order chi connectivity index (χ0) is 28.1. The van der Waals surface area contributed by atoms with Crippen molar-refractivity contribution in [3.63, 3.8) is 0 Å². The highest BCUT2D eigenvalue weighted by Crippen LogP contribution is 2.31. The fraction of sp³-hybridized carbons (Fsp3) is 0.138. The zero-order valence-electron chi connectivity index (χ0n) is 21.4. The molecule has 1 N–H and O–H groups in total. The van der Waals surface area contributed by atoms with Gasteiger partial charge in [0.15, 0.2) is 0 Å². The van der Waals surface area contributed by atoms with Crippen LogP contribution in [0, 0.1) is 18.6 Å². The van der Waals surface area contributed by atoms with Crippen LogP contribution in [0.1, 0.15) is 22.0 Å². The van der Waals surface area contributed by atoms with E-state index >= 15 is 0 Å². The molecule has 2 aromatic heterocycles. The van der Waals surface area contributed by atoms with E-state index in [1.54, 1.807) is 48.5 Å². The Hall–Kier alpha value is -4.77. The maximum absolute atomic E-state index is 14.2. The lowest BCUT2D eigenvalue weighted by molar-refractivity contribution is -0.127. The fourth-order valence-electron chi connectivity index (χ4n) is 4.18. The van der Waals surface area contributed by atoms with Gasteiger partial charge in [0, 0.05) is 17.1 Å². The summed E-state index contributed by atoms with van der Waals surface area (Å²) in [6.45, 7) is 1.69. The maximum atomic E-state index is 14.2. The van der Waals surface area contributed by atoms with E-state index < -0.39 is 23.7 Å². The smallest absolute Gasteiger partial charge is 0.251 e. The molecule has 0 saturated carbocycles. The predicted octanol–water partition coefficient (Wildman–Crippen LogP) is 5.08. The van der Waals surface area contributed by atoms with Crippen molar-refractivity contribution < 1.29 is 18.4 Å². The number of hydrogen-bond acceptors (Lipinski definition) is 6. The second kappa shape index (κ2) is 12.0. The van der Waals surface area contributed by atoms with Gasteiger partial charge in [-0.05, 0) is 71.1 Å². The third kappa shape index (κ3) is 6.10. The molecule has 2 amide bonds. The van der Waals surface area contributed by atoms with Gasteiger partial charge in [-0.3, -0.25) is 14.5 Å². The lowest BCUT2D eigenvalue weighted by Crippen LogP contribution is -2.45. The number of halogens is 2. The number of carbonyl (C=O) groups excluding carboxylic acids is 2. The van der Waals surface area contributed by atoms with Crippen molar-refractivity contribution in [2.75, 3.05) is 4.90 Å². The van der Waals surface area contributed by atoms with Gasteiger partial charge in [0.1, 0.15) is 24.2 Å². The summed E-state index contributed by atoms with van der Waals surface area (Å²) in [5.74, 6) is -1.73. The first-order valence-corrected chi connectivity index (χ1v) is 13.2. The fourth-order valence-corrected chi connectivity index (χ4v) is 4.99. The van der Waals surface area contributed by atoms with Crippen LogP contribution in [0.4, 0.5) is 14.5 Å². The van der Waals surface area contributed by atoms with Gasteiger partial charge in [0.2, 0.25) is 11.7 Å². The minimum atomic E-state index is -1.01. The Morgan fingerprint density at radius 3 is 2.52 bits per heavy atom. The number of rotatable bonds is 9. The van der Waals surface area contributed by atoms with Crippen molar-refractivity contribution in [2.45, 2.75) is 26.1 Å². The summed E-state index contributed by atoms with van der Waals surface area (Å²) in [7, 11) is 0. The lowest BCUT2D eigenvalue weighted by atomic mass is 10.1. The SMILES string of the molecule is Cc1cccc(N(C(=O)Cn2nnc(-c3ccccc3F)n2)[C@@H](C(=O)NCc2ccc(F)cc2)c2cccs2)c1. The average Bonchev–Trinajstić information content (AvgIpc) is 3.64. The molecule has 5 rings (SSSR count). The van der Waals surface area contributed by atoms with Crippen LogP contribution in [0.5, 0.6) is 0 Å². The summed E-state index contributed by atoms with van der Waals surface area (Å²) in [6.07, 6.45) is 0. The number of amides is 2. The van der Waals surface area contributed by atoms with Gasteiger partial charge < -0.3 is 5.32 Å². The van der Waals surface area contributed by atoms with Crippen LogP contribution in [-0.4, -0.2) is 32.0 Å². The molecular weight excluding hydrogens is 534 g/mol. The second-order valence-electron chi connectivity index (χ2n) is 8.99. The number of hydrogen-bond donors (Lipinski definition) is 1. The minimum absolute atomic E-state index is 0.0415. The van der Waals surface area contributed by atoms with Gasteiger partial charge in [-0.15, -0.1) is 21.5 Å². The molecule has 0 saturated heterocycles. The Bertz CT molecular complexity index is 1620. The zero-order valence-corrected chi connectivity index (χ0v) is 22.2. The molecule has 40 heavy (non-hydrogen) atoms. The molecule has 8 nitrogen and oxygen atoms in total. The number of aryl methyl sites for hydroxylation is 1. The summed E-state index contributed by atoms with van der Waals surface area (Å²) in [5, 5.41) is 16.8. The molecule has 202 valence electrons. The van der Waals surface area contributed by atoms with Gasteiger partial charge in [0.25, 0.3) is 5.91 Å². The Labute approximate surface area is 232 Å². The summed E-state index contributed by atoms with van der Waals surface area (Å²) < 4.78 is 27.6. The van der Waals surface area contributed by atoms with E-state index in [9.17, 15) is 18.4 Å². The van der Waals surface area contributed by atoms with Crippen LogP contribution in [0.2, 0.25) is 0 Å². The van der Waals surface area contributed by atoms with Crippen molar-refractivity contribution in [3.05, 3.63) is 118 Å². The van der Waals surface area contributed by atoms with Gasteiger partial charge in [0.05, 0.1) is 5.56 Å². The average molecular weight is 559 g/mol. The summed E-state index contributed by atoms with van der Waals surface area (Å²) in [4.78, 5) is 30.7. The Kier molecular flexibility index (Phi) is 8.02. The first-order chi connectivity index (χ1) is 19.4. The molecule has 0 radical (unpaired) electrons. The number of thiophene rings is 1. The van der Waals surface area contributed by atoms with Crippen LogP contribution in [0.3, 0.4) is 0 Å². The quantitative estimate of drug-likeness (QED) is 0.272. The summed E-state index contributed by atoms with van der Waals surface area (Å²) in [6, 6.07) is 21.7. The third-order valence-corrected chi connectivity index (χ3v) is 7.02. The van der Waals surface area contributed by atoms with Crippen LogP contribution < -0.4 is 10.2 Å². The van der Waals surface area contributed by atoms with E-state index in [1.165, 1.54) is 40.5 Å². The number of tetrazole rings is 1. The predicted molar refractivity (Wildman–Crippen MR) is 147 cm³/mol. The van der Waals surface area contributed by atoms with Crippen LogP contribution >= 0.6 is 11.3 Å². The Balaban J connectivity index is 1.46. The number of carbonyl (C=O) groups is 2. The largest absolute Gasteiger partial charge is 0.350 e. The molecule has 0 aliphatic heterocycles. The molecule has 3 aromatic carbocycles. The highest BCUT2D eigenvalue weighted by molar-refractivity contribution is 7.10. The molecular formula is C29H24F2N6O2S. The van der Waals surface area contributed by atoms with E-state index in [0.29, 0.717) is 16.1 Å².